The Labute approximate surface area is 126 Å². The lowest BCUT2D eigenvalue weighted by atomic mass is 10.2. The number of likely N-dealkylation sites (N-methyl/N-ethyl adjacent to an activating group) is 1. The van der Waals surface area contributed by atoms with Crippen molar-refractivity contribution in [3.63, 3.8) is 0 Å². The molecule has 0 aliphatic heterocycles. The molecule has 0 unspecified atom stereocenters. The minimum atomic E-state index is 0.188. The summed E-state index contributed by atoms with van der Waals surface area (Å²) in [6.45, 7) is 4.24. The molecule has 2 aromatic rings. The molecule has 0 radical (unpaired) electrons. The minimum absolute atomic E-state index is 0.188. The molecule has 100 valence electrons. The number of hydrogen-bond donors (Lipinski definition) is 0. The predicted octanol–water partition coefficient (Wildman–Crippen LogP) is 4.22. The van der Waals surface area contributed by atoms with E-state index in [4.69, 9.17) is 0 Å². The molecule has 2 nitrogen and oxygen atoms in total. The number of carbonyl (C=O) groups excluding carboxylic acids is 1. The van der Waals surface area contributed by atoms with Crippen molar-refractivity contribution in [2.75, 3.05) is 13.1 Å². The molecule has 0 atom stereocenters. The van der Waals surface area contributed by atoms with Crippen LogP contribution in [0.3, 0.4) is 0 Å². The zero-order chi connectivity index (χ0) is 13.7. The average Bonchev–Trinajstić information content (AvgIpc) is 2.86. The van der Waals surface area contributed by atoms with Gasteiger partial charge in [-0.25, -0.2) is 0 Å². The first-order chi connectivity index (χ1) is 9.19. The molecule has 0 saturated heterocycles. The zero-order valence-electron chi connectivity index (χ0n) is 10.8. The van der Waals surface area contributed by atoms with Gasteiger partial charge in [0.2, 0.25) is 0 Å². The van der Waals surface area contributed by atoms with Gasteiger partial charge in [-0.2, -0.15) is 0 Å². The summed E-state index contributed by atoms with van der Waals surface area (Å²) in [6.07, 6.45) is 0. The van der Waals surface area contributed by atoms with Gasteiger partial charge in [0.1, 0.15) is 0 Å². The van der Waals surface area contributed by atoms with Crippen LogP contribution >= 0.6 is 27.3 Å². The fourth-order valence-electron chi connectivity index (χ4n) is 1.87. The third-order valence-electron chi connectivity index (χ3n) is 2.91. The highest BCUT2D eigenvalue weighted by molar-refractivity contribution is 9.11. The molecule has 0 spiro atoms. The molecule has 0 bridgehead atoms. The molecule has 0 saturated carbocycles. The van der Waals surface area contributed by atoms with Crippen molar-refractivity contribution in [2.24, 2.45) is 0 Å². The molecule has 4 heteroatoms. The lowest BCUT2D eigenvalue weighted by molar-refractivity contribution is 0.0933. The monoisotopic (exact) mass is 337 g/mol. The maximum Gasteiger partial charge on any atom is 0.186 e. The third-order valence-corrected chi connectivity index (χ3v) is 4.58. The van der Waals surface area contributed by atoms with Gasteiger partial charge in [0.05, 0.1) is 15.2 Å². The summed E-state index contributed by atoms with van der Waals surface area (Å²) in [5.41, 5.74) is 1.24. The first-order valence-corrected chi connectivity index (χ1v) is 7.85. The van der Waals surface area contributed by atoms with Crippen molar-refractivity contribution < 1.29 is 4.79 Å². The Hall–Kier alpha value is -0.970. The van der Waals surface area contributed by atoms with Crippen molar-refractivity contribution >= 4 is 33.0 Å². The summed E-state index contributed by atoms with van der Waals surface area (Å²) >= 11 is 4.89. The molecule has 1 aromatic carbocycles. The van der Waals surface area contributed by atoms with Crippen LogP contribution in [-0.2, 0) is 6.54 Å². The van der Waals surface area contributed by atoms with E-state index in [0.717, 1.165) is 21.8 Å². The standard InChI is InChI=1S/C15H16BrNOS/c1-2-17(10-12-6-4-3-5-7-12)11-13(18)14-8-9-15(16)19-14/h3-9H,2,10-11H2,1H3. The summed E-state index contributed by atoms with van der Waals surface area (Å²) in [5.74, 6) is 0.188. The summed E-state index contributed by atoms with van der Waals surface area (Å²) in [6, 6.07) is 14.1. The van der Waals surface area contributed by atoms with E-state index in [0.29, 0.717) is 6.54 Å². The van der Waals surface area contributed by atoms with E-state index < -0.39 is 0 Å². The van der Waals surface area contributed by atoms with Crippen LogP contribution in [0.1, 0.15) is 22.2 Å². The maximum absolute atomic E-state index is 12.2. The second-order valence-electron chi connectivity index (χ2n) is 4.32. The van der Waals surface area contributed by atoms with E-state index in [2.05, 4.69) is 39.9 Å². The molecule has 2 rings (SSSR count). The summed E-state index contributed by atoms with van der Waals surface area (Å²) in [7, 11) is 0. The molecule has 0 aliphatic carbocycles. The third kappa shape index (κ3) is 4.27. The number of hydrogen-bond acceptors (Lipinski definition) is 3. The van der Waals surface area contributed by atoms with Gasteiger partial charge in [0.15, 0.2) is 5.78 Å². The van der Waals surface area contributed by atoms with Crippen LogP contribution in [0, 0.1) is 0 Å². The maximum atomic E-state index is 12.2. The summed E-state index contributed by atoms with van der Waals surface area (Å²) < 4.78 is 1.00. The Balaban J connectivity index is 1.97. The minimum Gasteiger partial charge on any atom is -0.292 e. The Bertz CT molecular complexity index is 538. The van der Waals surface area contributed by atoms with E-state index in [1.165, 1.54) is 16.9 Å². The normalized spacial score (nSPS) is 10.9. The van der Waals surface area contributed by atoms with Gasteiger partial charge < -0.3 is 0 Å². The second kappa shape index (κ2) is 6.98. The highest BCUT2D eigenvalue weighted by atomic mass is 79.9. The Morgan fingerprint density at radius 2 is 1.95 bits per heavy atom. The van der Waals surface area contributed by atoms with Crippen molar-refractivity contribution in [3.8, 4) is 0 Å². The van der Waals surface area contributed by atoms with Crippen LogP contribution in [0.15, 0.2) is 46.3 Å². The van der Waals surface area contributed by atoms with Gasteiger partial charge >= 0.3 is 0 Å². The van der Waals surface area contributed by atoms with Gasteiger partial charge in [-0.05, 0) is 40.2 Å². The van der Waals surface area contributed by atoms with E-state index in [1.807, 2.05) is 30.3 Å². The molecular weight excluding hydrogens is 322 g/mol. The lowest BCUT2D eigenvalue weighted by Gasteiger charge is -2.19. The molecule has 0 fully saturated rings. The number of rotatable bonds is 6. The van der Waals surface area contributed by atoms with E-state index in [9.17, 15) is 4.79 Å². The number of benzene rings is 1. The second-order valence-corrected chi connectivity index (χ2v) is 6.78. The Morgan fingerprint density at radius 3 is 2.53 bits per heavy atom. The van der Waals surface area contributed by atoms with Crippen LogP contribution in [0.4, 0.5) is 0 Å². The van der Waals surface area contributed by atoms with Crippen LogP contribution < -0.4 is 0 Å². The van der Waals surface area contributed by atoms with Crippen molar-refractivity contribution in [3.05, 3.63) is 56.7 Å². The largest absolute Gasteiger partial charge is 0.292 e. The smallest absolute Gasteiger partial charge is 0.186 e. The Morgan fingerprint density at radius 1 is 1.21 bits per heavy atom. The van der Waals surface area contributed by atoms with Crippen LogP contribution in [0.25, 0.3) is 0 Å². The van der Waals surface area contributed by atoms with E-state index >= 15 is 0 Å². The first kappa shape index (κ1) is 14.4. The van der Waals surface area contributed by atoms with Gasteiger partial charge in [-0.15, -0.1) is 11.3 Å². The highest BCUT2D eigenvalue weighted by Gasteiger charge is 2.13. The van der Waals surface area contributed by atoms with Crippen molar-refractivity contribution in [1.29, 1.82) is 0 Å². The van der Waals surface area contributed by atoms with Crippen LogP contribution in [0.5, 0.6) is 0 Å². The topological polar surface area (TPSA) is 20.3 Å². The van der Waals surface area contributed by atoms with E-state index in [1.54, 1.807) is 0 Å². The number of nitrogens with zero attached hydrogens (tertiary/aromatic N) is 1. The summed E-state index contributed by atoms with van der Waals surface area (Å²) in [4.78, 5) is 15.1. The van der Waals surface area contributed by atoms with Crippen molar-refractivity contribution in [1.82, 2.24) is 4.90 Å². The number of Topliss-reactive ketones (excluding diaryl/α,β-unsaturated/α-hetero) is 1. The number of carbonyl (C=O) groups is 1. The van der Waals surface area contributed by atoms with Crippen LogP contribution in [0.2, 0.25) is 0 Å². The van der Waals surface area contributed by atoms with Gasteiger partial charge in [-0.3, -0.25) is 9.69 Å². The SMILES string of the molecule is CCN(CC(=O)c1ccc(Br)s1)Cc1ccccc1. The van der Waals surface area contributed by atoms with Gasteiger partial charge in [0, 0.05) is 6.54 Å². The number of ketones is 1. The summed E-state index contributed by atoms with van der Waals surface area (Å²) in [5, 5.41) is 0. The van der Waals surface area contributed by atoms with E-state index in [-0.39, 0.29) is 5.78 Å². The molecule has 1 aromatic heterocycles. The molecule has 0 amide bonds. The fraction of sp³-hybridized carbons (Fsp3) is 0.267. The number of thiophene rings is 1. The molecule has 0 aliphatic rings. The molecule has 1 heterocycles. The Kier molecular flexibility index (Phi) is 5.31. The highest BCUT2D eigenvalue weighted by Crippen LogP contribution is 2.22. The van der Waals surface area contributed by atoms with Crippen molar-refractivity contribution in [2.45, 2.75) is 13.5 Å². The van der Waals surface area contributed by atoms with Gasteiger partial charge in [-0.1, -0.05) is 37.3 Å². The predicted molar refractivity (Wildman–Crippen MR) is 83.7 cm³/mol. The lowest BCUT2D eigenvalue weighted by Crippen LogP contribution is -2.29. The molecule has 19 heavy (non-hydrogen) atoms. The molecular formula is C15H16BrNOS. The molecule has 0 N–H and O–H groups in total. The number of halogens is 1. The fourth-order valence-corrected chi connectivity index (χ4v) is 3.18. The zero-order valence-corrected chi connectivity index (χ0v) is 13.2. The average molecular weight is 338 g/mol. The van der Waals surface area contributed by atoms with Gasteiger partial charge in [0.25, 0.3) is 0 Å². The quantitative estimate of drug-likeness (QED) is 0.735. The first-order valence-electron chi connectivity index (χ1n) is 6.24. The van der Waals surface area contributed by atoms with Crippen LogP contribution in [-0.4, -0.2) is 23.8 Å².